The van der Waals surface area contributed by atoms with Crippen LogP contribution in [0, 0.1) is 19.8 Å². The van der Waals surface area contributed by atoms with Gasteiger partial charge in [0.2, 0.25) is 0 Å². The zero-order valence-corrected chi connectivity index (χ0v) is 13.5. The van der Waals surface area contributed by atoms with Gasteiger partial charge in [0.15, 0.2) is 0 Å². The van der Waals surface area contributed by atoms with Crippen molar-refractivity contribution in [3.63, 3.8) is 0 Å². The maximum absolute atomic E-state index is 12.3. The van der Waals surface area contributed by atoms with Crippen molar-refractivity contribution in [1.29, 1.82) is 0 Å². The summed E-state index contributed by atoms with van der Waals surface area (Å²) in [4.78, 5) is 26.9. The van der Waals surface area contributed by atoms with Crippen LogP contribution < -0.4 is 10.2 Å². The largest absolute Gasteiger partial charge is 0.481 e. The third-order valence-electron chi connectivity index (χ3n) is 4.09. The monoisotopic (exact) mass is 305 g/mol. The predicted molar refractivity (Wildman–Crippen MR) is 86.6 cm³/mol. The molecule has 0 aromatic heterocycles. The summed E-state index contributed by atoms with van der Waals surface area (Å²) in [5.41, 5.74) is 3.87. The first kappa shape index (κ1) is 16.1. The molecule has 2 rings (SSSR count). The quantitative estimate of drug-likeness (QED) is 0.899. The predicted octanol–water partition coefficient (Wildman–Crippen LogP) is 2.31. The number of benzene rings is 1. The Balaban J connectivity index is 2.11. The summed E-state index contributed by atoms with van der Waals surface area (Å²) in [7, 11) is 3.95. The number of carboxylic acids is 1. The second kappa shape index (κ2) is 6.25. The molecule has 6 heteroatoms. The van der Waals surface area contributed by atoms with Gasteiger partial charge in [-0.3, -0.25) is 4.79 Å². The molecule has 2 N–H and O–H groups in total. The van der Waals surface area contributed by atoms with Crippen LogP contribution in [0.15, 0.2) is 12.1 Å². The number of nitrogens with zero attached hydrogens (tertiary/aromatic N) is 2. The van der Waals surface area contributed by atoms with Crippen molar-refractivity contribution in [2.75, 3.05) is 37.4 Å². The van der Waals surface area contributed by atoms with Gasteiger partial charge < -0.3 is 20.2 Å². The van der Waals surface area contributed by atoms with Gasteiger partial charge in [-0.05, 0) is 43.5 Å². The maximum Gasteiger partial charge on any atom is 0.321 e. The molecule has 2 amide bonds. The third-order valence-corrected chi connectivity index (χ3v) is 4.09. The first-order chi connectivity index (χ1) is 10.3. The van der Waals surface area contributed by atoms with Crippen LogP contribution in [-0.4, -0.2) is 49.2 Å². The highest BCUT2D eigenvalue weighted by atomic mass is 16.4. The first-order valence-corrected chi connectivity index (χ1v) is 7.37. The van der Waals surface area contributed by atoms with E-state index in [4.69, 9.17) is 5.11 Å². The molecule has 0 saturated carbocycles. The van der Waals surface area contributed by atoms with Gasteiger partial charge in [-0.25, -0.2) is 4.79 Å². The van der Waals surface area contributed by atoms with E-state index in [2.05, 4.69) is 5.32 Å². The number of amides is 2. The Kier molecular flexibility index (Phi) is 4.59. The minimum absolute atomic E-state index is 0.229. The van der Waals surface area contributed by atoms with E-state index in [-0.39, 0.29) is 12.6 Å². The van der Waals surface area contributed by atoms with Crippen molar-refractivity contribution in [2.24, 2.45) is 5.92 Å². The summed E-state index contributed by atoms with van der Waals surface area (Å²) in [5.74, 6) is -1.29. The number of nitrogens with one attached hydrogen (secondary N) is 1. The Morgan fingerprint density at radius 3 is 2.32 bits per heavy atom. The molecular formula is C16H23N3O3. The molecular weight excluding hydrogens is 282 g/mol. The summed E-state index contributed by atoms with van der Waals surface area (Å²) < 4.78 is 0. The summed E-state index contributed by atoms with van der Waals surface area (Å²) in [6.07, 6.45) is 0.514. The topological polar surface area (TPSA) is 72.9 Å². The second-order valence-corrected chi connectivity index (χ2v) is 6.05. The lowest BCUT2D eigenvalue weighted by molar-refractivity contribution is -0.141. The summed E-state index contributed by atoms with van der Waals surface area (Å²) in [5, 5.41) is 11.9. The van der Waals surface area contributed by atoms with Crippen molar-refractivity contribution in [3.8, 4) is 0 Å². The Morgan fingerprint density at radius 1 is 1.27 bits per heavy atom. The van der Waals surface area contributed by atoms with Crippen LogP contribution >= 0.6 is 0 Å². The molecule has 1 heterocycles. The number of carbonyl (C=O) groups is 2. The lowest BCUT2D eigenvalue weighted by atomic mass is 10.1. The van der Waals surface area contributed by atoms with Gasteiger partial charge in [0.1, 0.15) is 0 Å². The van der Waals surface area contributed by atoms with Crippen molar-refractivity contribution >= 4 is 23.4 Å². The number of likely N-dealkylation sites (tertiary alicyclic amines) is 1. The van der Waals surface area contributed by atoms with E-state index >= 15 is 0 Å². The molecule has 0 spiro atoms. The number of aryl methyl sites for hydroxylation is 2. The summed E-state index contributed by atoms with van der Waals surface area (Å²) >= 11 is 0. The lowest BCUT2D eigenvalue weighted by Gasteiger charge is -2.21. The molecule has 22 heavy (non-hydrogen) atoms. The van der Waals surface area contributed by atoms with Crippen LogP contribution in [0.5, 0.6) is 0 Å². The number of carboxylic acid groups (broad SMARTS) is 1. The number of aliphatic carboxylic acids is 1. The smallest absolute Gasteiger partial charge is 0.321 e. The molecule has 1 aliphatic rings. The number of urea groups is 1. The van der Waals surface area contributed by atoms with Crippen LogP contribution in [-0.2, 0) is 4.79 Å². The van der Waals surface area contributed by atoms with Crippen molar-refractivity contribution in [2.45, 2.75) is 20.3 Å². The van der Waals surface area contributed by atoms with Crippen molar-refractivity contribution < 1.29 is 14.7 Å². The van der Waals surface area contributed by atoms with Gasteiger partial charge >= 0.3 is 12.0 Å². The summed E-state index contributed by atoms with van der Waals surface area (Å²) in [6.45, 7) is 4.67. The maximum atomic E-state index is 12.3. The Hall–Kier alpha value is -2.24. The van der Waals surface area contributed by atoms with E-state index < -0.39 is 11.9 Å². The molecule has 120 valence electrons. The molecule has 0 bridgehead atoms. The molecule has 0 radical (unpaired) electrons. The number of anilines is 2. The zero-order valence-electron chi connectivity index (χ0n) is 13.5. The highest BCUT2D eigenvalue weighted by Gasteiger charge is 2.31. The third kappa shape index (κ3) is 3.32. The summed E-state index contributed by atoms with van der Waals surface area (Å²) in [6, 6.07) is 3.81. The average Bonchev–Trinajstić information content (AvgIpc) is 2.92. The van der Waals surface area contributed by atoms with E-state index in [0.717, 1.165) is 22.5 Å². The van der Waals surface area contributed by atoms with Crippen LogP contribution in [0.1, 0.15) is 17.5 Å². The molecule has 1 aromatic rings. The van der Waals surface area contributed by atoms with Crippen LogP contribution in [0.25, 0.3) is 0 Å². The van der Waals surface area contributed by atoms with Gasteiger partial charge in [0.05, 0.1) is 5.92 Å². The van der Waals surface area contributed by atoms with Gasteiger partial charge in [-0.15, -0.1) is 0 Å². The fourth-order valence-electron chi connectivity index (χ4n) is 2.73. The van der Waals surface area contributed by atoms with Gasteiger partial charge in [0.25, 0.3) is 0 Å². The van der Waals surface area contributed by atoms with E-state index in [0.29, 0.717) is 13.0 Å². The Labute approximate surface area is 130 Å². The number of hydrogen-bond donors (Lipinski definition) is 2. The van der Waals surface area contributed by atoms with Crippen molar-refractivity contribution in [1.82, 2.24) is 4.90 Å². The molecule has 1 unspecified atom stereocenters. The number of carbonyl (C=O) groups excluding carboxylic acids is 1. The fraction of sp³-hybridized carbons (Fsp3) is 0.500. The molecule has 1 saturated heterocycles. The van der Waals surface area contributed by atoms with Gasteiger partial charge in [-0.2, -0.15) is 0 Å². The van der Waals surface area contributed by atoms with Crippen LogP contribution in [0.2, 0.25) is 0 Å². The minimum Gasteiger partial charge on any atom is -0.481 e. The molecule has 1 fully saturated rings. The highest BCUT2D eigenvalue weighted by Crippen LogP contribution is 2.27. The Bertz CT molecular complexity index is 575. The lowest BCUT2D eigenvalue weighted by Crippen LogP contribution is -2.34. The highest BCUT2D eigenvalue weighted by molar-refractivity contribution is 5.92. The average molecular weight is 305 g/mol. The van der Waals surface area contributed by atoms with E-state index in [9.17, 15) is 9.59 Å². The second-order valence-electron chi connectivity index (χ2n) is 6.05. The van der Waals surface area contributed by atoms with Gasteiger partial charge in [0, 0.05) is 38.6 Å². The molecule has 1 aliphatic heterocycles. The fourth-order valence-corrected chi connectivity index (χ4v) is 2.73. The van der Waals surface area contributed by atoms with Gasteiger partial charge in [-0.1, -0.05) is 0 Å². The standard InChI is InChI=1S/C16H23N3O3/c1-10-7-13(18(3)4)8-11(2)14(10)17-16(22)19-6-5-12(9-19)15(20)21/h7-8,12H,5-6,9H2,1-4H3,(H,17,22)(H,20,21). The normalized spacial score (nSPS) is 17.5. The van der Waals surface area contributed by atoms with Crippen LogP contribution in [0.4, 0.5) is 16.2 Å². The SMILES string of the molecule is Cc1cc(N(C)C)cc(C)c1NC(=O)N1CCC(C(=O)O)C1. The molecule has 1 atom stereocenters. The zero-order chi connectivity index (χ0) is 16.4. The molecule has 1 aromatic carbocycles. The van der Waals surface area contributed by atoms with E-state index in [1.54, 1.807) is 4.90 Å². The van der Waals surface area contributed by atoms with Crippen LogP contribution in [0.3, 0.4) is 0 Å². The molecule has 0 aliphatic carbocycles. The minimum atomic E-state index is -0.835. The van der Waals surface area contributed by atoms with Crippen molar-refractivity contribution in [3.05, 3.63) is 23.3 Å². The van der Waals surface area contributed by atoms with E-state index in [1.807, 2.05) is 45.0 Å². The molecule has 6 nitrogen and oxygen atoms in total. The number of hydrogen-bond acceptors (Lipinski definition) is 3. The number of rotatable bonds is 3. The first-order valence-electron chi connectivity index (χ1n) is 7.37. The Morgan fingerprint density at radius 2 is 1.86 bits per heavy atom. The van der Waals surface area contributed by atoms with E-state index in [1.165, 1.54) is 0 Å².